The molecule has 2 aromatic rings. The van der Waals surface area contributed by atoms with Gasteiger partial charge in [0.1, 0.15) is 4.90 Å². The molecule has 0 bridgehead atoms. The first-order valence-corrected chi connectivity index (χ1v) is 8.19. The number of benzene rings is 1. The van der Waals surface area contributed by atoms with Crippen LogP contribution in [0.2, 0.25) is 5.28 Å². The molecule has 0 aliphatic carbocycles. The van der Waals surface area contributed by atoms with Crippen molar-refractivity contribution in [1.29, 1.82) is 0 Å². The Morgan fingerprint density at radius 3 is 2.57 bits per heavy atom. The Labute approximate surface area is 137 Å². The van der Waals surface area contributed by atoms with Crippen molar-refractivity contribution in [2.45, 2.75) is 24.8 Å². The normalized spacial score (nSPS) is 11.5. The minimum atomic E-state index is -4.39. The van der Waals surface area contributed by atoms with Crippen molar-refractivity contribution >= 4 is 39.0 Å². The second-order valence-corrected chi connectivity index (χ2v) is 6.46. The molecule has 0 fully saturated rings. The quantitative estimate of drug-likeness (QED) is 0.538. The van der Waals surface area contributed by atoms with E-state index >= 15 is 0 Å². The van der Waals surface area contributed by atoms with Crippen LogP contribution in [0, 0.1) is 0 Å². The Kier molecular flexibility index (Phi) is 4.88. The molecule has 4 N–H and O–H groups in total. The fourth-order valence-electron chi connectivity index (χ4n) is 1.64. The summed E-state index contributed by atoms with van der Waals surface area (Å²) in [6, 6.07) is 3.90. The molecule has 0 atom stereocenters. The van der Waals surface area contributed by atoms with Crippen LogP contribution in [-0.2, 0) is 10.1 Å². The Morgan fingerprint density at radius 2 is 2.00 bits per heavy atom. The zero-order valence-electron chi connectivity index (χ0n) is 12.2. The van der Waals surface area contributed by atoms with Crippen molar-refractivity contribution in [3.63, 3.8) is 0 Å². The van der Waals surface area contributed by atoms with Gasteiger partial charge in [-0.25, -0.2) is 0 Å². The van der Waals surface area contributed by atoms with E-state index in [0.717, 1.165) is 6.07 Å². The number of hydrogen-bond acceptors (Lipinski definition) is 8. The van der Waals surface area contributed by atoms with Crippen LogP contribution in [-0.4, -0.2) is 34.0 Å². The van der Waals surface area contributed by atoms with Gasteiger partial charge in [-0.2, -0.15) is 23.4 Å². The highest BCUT2D eigenvalue weighted by Crippen LogP contribution is 2.24. The van der Waals surface area contributed by atoms with E-state index in [1.165, 1.54) is 12.1 Å². The van der Waals surface area contributed by atoms with Crippen LogP contribution in [0.3, 0.4) is 0 Å². The third-order valence-corrected chi connectivity index (χ3v) is 3.57. The average Bonchev–Trinajstić information content (AvgIpc) is 2.35. The second-order valence-electron chi connectivity index (χ2n) is 4.73. The lowest BCUT2D eigenvalue weighted by atomic mass is 10.3. The molecule has 124 valence electrons. The fourth-order valence-corrected chi connectivity index (χ4v) is 2.39. The number of hydrogen-bond donors (Lipinski definition) is 3. The van der Waals surface area contributed by atoms with Crippen LogP contribution >= 0.6 is 11.6 Å². The van der Waals surface area contributed by atoms with Crippen molar-refractivity contribution in [1.82, 2.24) is 15.0 Å². The summed E-state index contributed by atoms with van der Waals surface area (Å²) in [7, 11) is -4.39. The molecule has 2 rings (SSSR count). The summed E-state index contributed by atoms with van der Waals surface area (Å²) in [5.41, 5.74) is 5.87. The topological polar surface area (TPSA) is 140 Å². The van der Waals surface area contributed by atoms with E-state index in [0.29, 0.717) is 5.69 Å². The number of ether oxygens (including phenoxy) is 1. The van der Waals surface area contributed by atoms with Gasteiger partial charge in [-0.3, -0.25) is 4.55 Å². The van der Waals surface area contributed by atoms with Crippen molar-refractivity contribution in [3.8, 4) is 6.01 Å². The molecule has 0 amide bonds. The predicted molar refractivity (Wildman–Crippen MR) is 84.6 cm³/mol. The van der Waals surface area contributed by atoms with Gasteiger partial charge in [0.2, 0.25) is 11.2 Å². The number of nitrogen functional groups attached to an aromatic ring is 1. The Morgan fingerprint density at radius 1 is 1.30 bits per heavy atom. The zero-order valence-corrected chi connectivity index (χ0v) is 13.8. The van der Waals surface area contributed by atoms with Crippen LogP contribution in [0.4, 0.5) is 17.3 Å². The van der Waals surface area contributed by atoms with Gasteiger partial charge >= 0.3 is 6.01 Å². The maximum Gasteiger partial charge on any atom is 0.322 e. The van der Waals surface area contributed by atoms with E-state index in [4.69, 9.17) is 26.6 Å². The number of aromatic nitrogens is 3. The van der Waals surface area contributed by atoms with Crippen LogP contribution < -0.4 is 15.8 Å². The second kappa shape index (κ2) is 6.52. The average molecular weight is 360 g/mol. The maximum absolute atomic E-state index is 11.1. The van der Waals surface area contributed by atoms with Crippen LogP contribution in [0.5, 0.6) is 6.01 Å². The molecule has 0 spiro atoms. The van der Waals surface area contributed by atoms with Crippen molar-refractivity contribution < 1.29 is 17.7 Å². The third kappa shape index (κ3) is 4.65. The number of nitrogens with one attached hydrogen (secondary N) is 1. The van der Waals surface area contributed by atoms with Crippen LogP contribution in [0.15, 0.2) is 23.1 Å². The van der Waals surface area contributed by atoms with Gasteiger partial charge in [0.25, 0.3) is 10.1 Å². The zero-order chi connectivity index (χ0) is 17.2. The molecule has 9 nitrogen and oxygen atoms in total. The number of nitrogens with two attached hydrogens (primary N) is 1. The van der Waals surface area contributed by atoms with Gasteiger partial charge in [0, 0.05) is 5.69 Å². The third-order valence-electron chi connectivity index (χ3n) is 2.47. The minimum Gasteiger partial charge on any atom is -0.461 e. The standard InChI is InChI=1S/C12H14ClN5O4S/c1-6(2)22-12-17-10(13)16-11(18-12)15-7-3-4-9(8(14)5-7)23(19,20)21/h3-6H,14H2,1-2H3,(H,19,20,21)(H,15,16,17,18). The summed E-state index contributed by atoms with van der Waals surface area (Å²) >= 11 is 5.80. The summed E-state index contributed by atoms with van der Waals surface area (Å²) in [6.07, 6.45) is -0.147. The van der Waals surface area contributed by atoms with Crippen LogP contribution in [0.1, 0.15) is 13.8 Å². The molecule has 1 aromatic carbocycles. The first kappa shape index (κ1) is 17.2. The first-order chi connectivity index (χ1) is 10.6. The smallest absolute Gasteiger partial charge is 0.322 e. The van der Waals surface area contributed by atoms with Crippen molar-refractivity contribution in [2.24, 2.45) is 0 Å². The number of rotatable bonds is 5. The highest BCUT2D eigenvalue weighted by atomic mass is 35.5. The highest BCUT2D eigenvalue weighted by Gasteiger charge is 2.14. The Bertz CT molecular complexity index is 828. The summed E-state index contributed by atoms with van der Waals surface area (Å²) in [6.45, 7) is 3.61. The van der Waals surface area contributed by atoms with Gasteiger partial charge in [-0.1, -0.05) is 0 Å². The number of halogens is 1. The predicted octanol–water partition coefficient (Wildman–Crippen LogP) is 1.88. The van der Waals surface area contributed by atoms with Gasteiger partial charge in [0.15, 0.2) is 0 Å². The van der Waals surface area contributed by atoms with Gasteiger partial charge < -0.3 is 15.8 Å². The fraction of sp³-hybridized carbons (Fsp3) is 0.250. The molecule has 0 saturated heterocycles. The van der Waals surface area contributed by atoms with Gasteiger partial charge in [0.05, 0.1) is 11.8 Å². The molecule has 0 saturated carbocycles. The molecule has 0 aliphatic heterocycles. The molecule has 1 aromatic heterocycles. The molecule has 23 heavy (non-hydrogen) atoms. The molecule has 0 aliphatic rings. The Hall–Kier alpha value is -2.17. The van der Waals surface area contributed by atoms with Crippen molar-refractivity contribution in [2.75, 3.05) is 11.1 Å². The molecule has 0 radical (unpaired) electrons. The van der Waals surface area contributed by atoms with Gasteiger partial charge in [-0.15, -0.1) is 0 Å². The van der Waals surface area contributed by atoms with E-state index in [-0.39, 0.29) is 33.9 Å². The lowest BCUT2D eigenvalue weighted by molar-refractivity contribution is 0.222. The van der Waals surface area contributed by atoms with E-state index in [1.54, 1.807) is 13.8 Å². The molecular weight excluding hydrogens is 346 g/mol. The molecule has 11 heteroatoms. The number of nitrogens with zero attached hydrogens (tertiary/aromatic N) is 3. The summed E-state index contributed by atoms with van der Waals surface area (Å²) in [5, 5.41) is 2.73. The summed E-state index contributed by atoms with van der Waals surface area (Å²) in [5.74, 6) is 0.0969. The van der Waals surface area contributed by atoms with Crippen molar-refractivity contribution in [3.05, 3.63) is 23.5 Å². The molecule has 1 heterocycles. The van der Waals surface area contributed by atoms with Gasteiger partial charge in [-0.05, 0) is 43.6 Å². The van der Waals surface area contributed by atoms with E-state index in [2.05, 4.69) is 20.3 Å². The summed E-state index contributed by atoms with van der Waals surface area (Å²) < 4.78 is 36.6. The maximum atomic E-state index is 11.1. The molecule has 0 unspecified atom stereocenters. The monoisotopic (exact) mass is 359 g/mol. The summed E-state index contributed by atoms with van der Waals surface area (Å²) in [4.78, 5) is 11.3. The van der Waals surface area contributed by atoms with E-state index in [1.807, 2.05) is 0 Å². The van der Waals surface area contributed by atoms with Crippen LogP contribution in [0.25, 0.3) is 0 Å². The first-order valence-electron chi connectivity index (χ1n) is 6.37. The SMILES string of the molecule is CC(C)Oc1nc(Cl)nc(Nc2ccc(S(=O)(=O)O)c(N)c2)n1. The van der Waals surface area contributed by atoms with E-state index in [9.17, 15) is 8.42 Å². The highest BCUT2D eigenvalue weighted by molar-refractivity contribution is 7.86. The lowest BCUT2D eigenvalue weighted by Crippen LogP contribution is -2.10. The molecular formula is C12H14ClN5O4S. The van der Waals surface area contributed by atoms with E-state index < -0.39 is 10.1 Å². The Balaban J connectivity index is 2.29. The largest absolute Gasteiger partial charge is 0.461 e. The lowest BCUT2D eigenvalue weighted by Gasteiger charge is -2.10. The number of anilines is 3. The minimum absolute atomic E-state index is 0.0463.